The van der Waals surface area contributed by atoms with E-state index in [9.17, 15) is 0 Å². The first-order valence-electron chi connectivity index (χ1n) is 10.1. The lowest BCUT2D eigenvalue weighted by Gasteiger charge is -2.03. The fourth-order valence-electron chi connectivity index (χ4n) is 3.09. The molecular weight excluding hydrogens is 416 g/mol. The Bertz CT molecular complexity index is 1070. The van der Waals surface area contributed by atoms with Gasteiger partial charge in [-0.1, -0.05) is 133 Å². The molecular formula is C28H23O3S-. The van der Waals surface area contributed by atoms with Gasteiger partial charge in [-0.3, -0.25) is 0 Å². The van der Waals surface area contributed by atoms with Crippen molar-refractivity contribution in [1.29, 1.82) is 0 Å². The minimum atomic E-state index is -2.86. The van der Waals surface area contributed by atoms with Gasteiger partial charge in [0.25, 0.3) is 0 Å². The zero-order valence-electron chi connectivity index (χ0n) is 17.4. The molecule has 0 heterocycles. The summed E-state index contributed by atoms with van der Waals surface area (Å²) in [6.45, 7) is 0. The van der Waals surface area contributed by atoms with E-state index < -0.39 is 11.4 Å². The van der Waals surface area contributed by atoms with Gasteiger partial charge in [-0.2, -0.15) is 0 Å². The van der Waals surface area contributed by atoms with Gasteiger partial charge in [0.15, 0.2) is 0 Å². The van der Waals surface area contributed by atoms with Crippen LogP contribution in [0.25, 0.3) is 35.4 Å². The summed E-state index contributed by atoms with van der Waals surface area (Å²) in [4.78, 5) is 0. The number of hydrogen-bond donors (Lipinski definition) is 1. The van der Waals surface area contributed by atoms with Crippen LogP contribution in [0.3, 0.4) is 0 Å². The molecule has 160 valence electrons. The minimum Gasteiger partial charge on any atom is -0.750 e. The van der Waals surface area contributed by atoms with Gasteiger partial charge >= 0.3 is 0 Å². The molecule has 0 amide bonds. The van der Waals surface area contributed by atoms with Crippen LogP contribution in [0.2, 0.25) is 0 Å². The highest BCUT2D eigenvalue weighted by atomic mass is 32.2. The molecule has 0 spiro atoms. The normalized spacial score (nSPS) is 11.8. The third kappa shape index (κ3) is 7.93. The summed E-state index contributed by atoms with van der Waals surface area (Å²) < 4.78 is 24.1. The molecule has 0 saturated carbocycles. The van der Waals surface area contributed by atoms with E-state index in [0.717, 1.165) is 0 Å². The fraction of sp³-hybridized carbons (Fsp3) is 0. The molecule has 0 radical (unpaired) electrons. The summed E-state index contributed by atoms with van der Waals surface area (Å²) in [7, 11) is 0. The largest absolute Gasteiger partial charge is 0.750 e. The zero-order valence-corrected chi connectivity index (χ0v) is 18.2. The van der Waals surface area contributed by atoms with Gasteiger partial charge in [-0.05, 0) is 33.4 Å². The molecule has 4 rings (SSSR count). The van der Waals surface area contributed by atoms with Gasteiger partial charge in [0.05, 0.1) is 11.4 Å². The minimum absolute atomic E-state index is 1.20. The van der Waals surface area contributed by atoms with E-state index in [-0.39, 0.29) is 0 Å². The number of rotatable bonds is 5. The second-order valence-electron chi connectivity index (χ2n) is 6.95. The van der Waals surface area contributed by atoms with E-state index in [4.69, 9.17) is 13.3 Å². The van der Waals surface area contributed by atoms with Crippen molar-refractivity contribution in [3.8, 4) is 11.1 Å². The van der Waals surface area contributed by atoms with Crippen LogP contribution in [0.5, 0.6) is 0 Å². The average molecular weight is 440 g/mol. The zero-order chi connectivity index (χ0) is 22.6. The molecule has 0 saturated heterocycles. The molecule has 0 fully saturated rings. The van der Waals surface area contributed by atoms with E-state index in [1.54, 1.807) is 0 Å². The third-order valence-corrected chi connectivity index (χ3v) is 4.69. The molecule has 1 unspecified atom stereocenters. The number of hydrogen-bond acceptors (Lipinski definition) is 2. The lowest BCUT2D eigenvalue weighted by Crippen LogP contribution is -1.80. The van der Waals surface area contributed by atoms with E-state index in [1.165, 1.54) is 33.4 Å². The van der Waals surface area contributed by atoms with E-state index in [1.807, 2.05) is 12.1 Å². The molecule has 1 atom stereocenters. The van der Waals surface area contributed by atoms with E-state index >= 15 is 0 Å². The van der Waals surface area contributed by atoms with Crippen LogP contribution < -0.4 is 0 Å². The first-order valence-corrected chi connectivity index (χ1v) is 11.1. The molecule has 0 aliphatic rings. The lowest BCUT2D eigenvalue weighted by atomic mass is 10.0. The standard InChI is InChI=1S/C28H22.H2O3S/c1-3-7-23(8-4-1)11-13-25-15-19-27(20-16-25)28-21-17-26(18-22-28)14-12-24-9-5-2-6-10-24;1-4(2)3/h1-22H;(H2,1,2,3)/p-1. The van der Waals surface area contributed by atoms with Gasteiger partial charge < -0.3 is 9.11 Å². The summed E-state index contributed by atoms with van der Waals surface area (Å²) >= 11 is -2.86. The first-order chi connectivity index (χ1) is 15.6. The Hall–Kier alpha value is -3.57. The van der Waals surface area contributed by atoms with E-state index in [2.05, 4.69) is 121 Å². The summed E-state index contributed by atoms with van der Waals surface area (Å²) in [5.74, 6) is 0. The highest BCUT2D eigenvalue weighted by Gasteiger charge is 1.98. The molecule has 4 aromatic rings. The Balaban J connectivity index is 0.000000668. The first kappa shape index (κ1) is 23.1. The maximum absolute atomic E-state index is 8.56. The highest BCUT2D eigenvalue weighted by molar-refractivity contribution is 7.73. The average Bonchev–Trinajstić information content (AvgIpc) is 2.83. The molecule has 3 nitrogen and oxygen atoms in total. The Labute approximate surface area is 191 Å². The summed E-state index contributed by atoms with van der Waals surface area (Å²) in [5.41, 5.74) is 7.30. The van der Waals surface area contributed by atoms with Crippen LogP contribution in [-0.4, -0.2) is 13.3 Å². The van der Waals surface area contributed by atoms with Crippen LogP contribution in [0, 0.1) is 0 Å². The Morgan fingerprint density at radius 1 is 0.500 bits per heavy atom. The summed E-state index contributed by atoms with van der Waals surface area (Å²) in [5, 5.41) is 0. The molecule has 0 bridgehead atoms. The Morgan fingerprint density at radius 3 is 1.03 bits per heavy atom. The second kappa shape index (κ2) is 12.3. The topological polar surface area (TPSA) is 60.4 Å². The van der Waals surface area contributed by atoms with Crippen molar-refractivity contribution in [2.75, 3.05) is 0 Å². The van der Waals surface area contributed by atoms with Crippen molar-refractivity contribution in [2.24, 2.45) is 0 Å². The Morgan fingerprint density at radius 2 is 0.750 bits per heavy atom. The van der Waals surface area contributed by atoms with E-state index in [0.29, 0.717) is 0 Å². The van der Waals surface area contributed by atoms with Crippen LogP contribution in [0.1, 0.15) is 22.3 Å². The number of benzene rings is 4. The van der Waals surface area contributed by atoms with Crippen molar-refractivity contribution in [2.45, 2.75) is 0 Å². The Kier molecular flexibility index (Phi) is 8.90. The predicted octanol–water partition coefficient (Wildman–Crippen LogP) is 7.03. The monoisotopic (exact) mass is 439 g/mol. The maximum Gasteiger partial charge on any atom is 0.0814 e. The van der Waals surface area contributed by atoms with Crippen molar-refractivity contribution >= 4 is 35.7 Å². The molecule has 1 N–H and O–H groups in total. The second-order valence-corrected chi connectivity index (χ2v) is 7.38. The van der Waals surface area contributed by atoms with Gasteiger partial charge in [0.1, 0.15) is 0 Å². The summed E-state index contributed by atoms with van der Waals surface area (Å²) in [6, 6.07) is 38.1. The van der Waals surface area contributed by atoms with Gasteiger partial charge in [-0.15, -0.1) is 0 Å². The van der Waals surface area contributed by atoms with Crippen molar-refractivity contribution in [3.63, 3.8) is 0 Å². The van der Waals surface area contributed by atoms with Gasteiger partial charge in [0.2, 0.25) is 0 Å². The lowest BCUT2D eigenvalue weighted by molar-refractivity contribution is 0.436. The van der Waals surface area contributed by atoms with Crippen molar-refractivity contribution < 1.29 is 13.3 Å². The SMILES string of the molecule is C(=Cc1ccc(-c2ccc(C=Cc3ccccc3)cc2)cc1)c1ccccc1.O=S([O-])O. The van der Waals surface area contributed by atoms with Gasteiger partial charge in [-0.25, -0.2) is 4.21 Å². The predicted molar refractivity (Wildman–Crippen MR) is 134 cm³/mol. The molecule has 4 aromatic carbocycles. The van der Waals surface area contributed by atoms with Crippen LogP contribution in [0.15, 0.2) is 109 Å². The maximum atomic E-state index is 8.56. The van der Waals surface area contributed by atoms with Gasteiger partial charge in [0, 0.05) is 0 Å². The quantitative estimate of drug-likeness (QED) is 0.268. The van der Waals surface area contributed by atoms with Crippen LogP contribution in [-0.2, 0) is 11.4 Å². The fourth-order valence-corrected chi connectivity index (χ4v) is 3.09. The molecule has 0 aliphatic heterocycles. The van der Waals surface area contributed by atoms with Crippen molar-refractivity contribution in [1.82, 2.24) is 0 Å². The molecule has 0 aliphatic carbocycles. The molecule has 0 aromatic heterocycles. The molecule has 32 heavy (non-hydrogen) atoms. The smallest absolute Gasteiger partial charge is 0.0814 e. The van der Waals surface area contributed by atoms with Crippen LogP contribution in [0.4, 0.5) is 0 Å². The highest BCUT2D eigenvalue weighted by Crippen LogP contribution is 2.22. The third-order valence-electron chi connectivity index (χ3n) is 4.69. The summed E-state index contributed by atoms with van der Waals surface area (Å²) in [6.07, 6.45) is 8.58. The van der Waals surface area contributed by atoms with Crippen LogP contribution >= 0.6 is 0 Å². The molecule has 4 heteroatoms. The van der Waals surface area contributed by atoms with Crippen molar-refractivity contribution in [3.05, 3.63) is 131 Å².